The number of carbonyl (C=O) groups is 3. The largest absolute Gasteiger partial charge is 0.481 e. The minimum atomic E-state index is -0.827. The van der Waals surface area contributed by atoms with E-state index in [0.29, 0.717) is 37.1 Å². The smallest absolute Gasteiger partial charge is 0.306 e. The zero-order chi connectivity index (χ0) is 19.6. The van der Waals surface area contributed by atoms with Crippen molar-refractivity contribution in [2.75, 3.05) is 11.9 Å². The maximum atomic E-state index is 12.0. The summed E-state index contributed by atoms with van der Waals surface area (Å²) in [5.74, 6) is -1.55. The lowest BCUT2D eigenvalue weighted by molar-refractivity contribution is -0.141. The van der Waals surface area contributed by atoms with E-state index in [1.165, 1.54) is 0 Å². The van der Waals surface area contributed by atoms with Crippen molar-refractivity contribution in [3.05, 3.63) is 65.7 Å². The number of carboxylic acids is 1. The summed E-state index contributed by atoms with van der Waals surface area (Å²) in [5, 5.41) is 14.5. The fourth-order valence-corrected chi connectivity index (χ4v) is 2.53. The highest BCUT2D eigenvalue weighted by Crippen LogP contribution is 2.14. The Labute approximate surface area is 158 Å². The third-order valence-electron chi connectivity index (χ3n) is 4.10. The van der Waals surface area contributed by atoms with Crippen LogP contribution >= 0.6 is 0 Å². The van der Waals surface area contributed by atoms with Gasteiger partial charge in [0.15, 0.2) is 0 Å². The van der Waals surface area contributed by atoms with Crippen molar-refractivity contribution in [3.8, 4) is 0 Å². The van der Waals surface area contributed by atoms with E-state index >= 15 is 0 Å². The van der Waals surface area contributed by atoms with E-state index in [0.717, 1.165) is 5.56 Å². The first kappa shape index (κ1) is 20.2. The van der Waals surface area contributed by atoms with Crippen LogP contribution in [0.15, 0.2) is 54.6 Å². The van der Waals surface area contributed by atoms with E-state index in [-0.39, 0.29) is 11.8 Å². The zero-order valence-electron chi connectivity index (χ0n) is 15.3. The zero-order valence-corrected chi connectivity index (χ0v) is 15.3. The average molecular weight is 368 g/mol. The molecule has 0 saturated heterocycles. The quantitative estimate of drug-likeness (QED) is 0.593. The van der Waals surface area contributed by atoms with Crippen molar-refractivity contribution >= 4 is 23.5 Å². The number of aliphatic carboxylic acids is 1. The van der Waals surface area contributed by atoms with Crippen LogP contribution in [0.1, 0.15) is 35.7 Å². The number of rotatable bonds is 9. The maximum absolute atomic E-state index is 12.0. The molecule has 0 aromatic heterocycles. The summed E-state index contributed by atoms with van der Waals surface area (Å²) < 4.78 is 0. The van der Waals surface area contributed by atoms with Crippen molar-refractivity contribution in [1.82, 2.24) is 5.32 Å². The Hall–Kier alpha value is -3.15. The van der Waals surface area contributed by atoms with E-state index in [2.05, 4.69) is 10.6 Å². The Morgan fingerprint density at radius 1 is 1.00 bits per heavy atom. The molecule has 0 bridgehead atoms. The van der Waals surface area contributed by atoms with Crippen molar-refractivity contribution in [3.63, 3.8) is 0 Å². The Morgan fingerprint density at radius 3 is 2.30 bits per heavy atom. The highest BCUT2D eigenvalue weighted by molar-refractivity contribution is 5.94. The van der Waals surface area contributed by atoms with Gasteiger partial charge in [-0.1, -0.05) is 37.3 Å². The van der Waals surface area contributed by atoms with Crippen LogP contribution in [0.4, 0.5) is 5.69 Å². The second kappa shape index (κ2) is 10.1. The molecule has 0 radical (unpaired) electrons. The van der Waals surface area contributed by atoms with Crippen molar-refractivity contribution in [2.45, 2.75) is 26.2 Å². The molecule has 2 aromatic rings. The monoisotopic (exact) mass is 368 g/mol. The molecule has 1 unspecified atom stereocenters. The van der Waals surface area contributed by atoms with Gasteiger partial charge in [0.1, 0.15) is 0 Å². The van der Waals surface area contributed by atoms with Gasteiger partial charge in [0, 0.05) is 24.2 Å². The Morgan fingerprint density at radius 2 is 1.67 bits per heavy atom. The van der Waals surface area contributed by atoms with Gasteiger partial charge in [0.25, 0.3) is 5.91 Å². The number of benzene rings is 2. The molecule has 0 fully saturated rings. The van der Waals surface area contributed by atoms with Crippen LogP contribution in [-0.2, 0) is 16.0 Å². The third kappa shape index (κ3) is 6.93. The third-order valence-corrected chi connectivity index (χ3v) is 4.10. The van der Waals surface area contributed by atoms with Gasteiger partial charge in [-0.2, -0.15) is 0 Å². The molecule has 0 saturated carbocycles. The van der Waals surface area contributed by atoms with Gasteiger partial charge in [-0.25, -0.2) is 0 Å². The lowest BCUT2D eigenvalue weighted by Crippen LogP contribution is -2.25. The molecule has 0 spiro atoms. The van der Waals surface area contributed by atoms with Crippen LogP contribution < -0.4 is 10.6 Å². The van der Waals surface area contributed by atoms with E-state index in [1.54, 1.807) is 43.3 Å². The first-order valence-electron chi connectivity index (χ1n) is 8.90. The predicted molar refractivity (Wildman–Crippen MR) is 104 cm³/mol. The topological polar surface area (TPSA) is 95.5 Å². The molecule has 0 aliphatic rings. The number of nitrogens with one attached hydrogen (secondary N) is 2. The molecular weight excluding hydrogens is 344 g/mol. The summed E-state index contributed by atoms with van der Waals surface area (Å²) >= 11 is 0. The maximum Gasteiger partial charge on any atom is 0.306 e. The molecule has 6 heteroatoms. The van der Waals surface area contributed by atoms with E-state index in [4.69, 9.17) is 5.11 Å². The van der Waals surface area contributed by atoms with Crippen LogP contribution in [0.2, 0.25) is 0 Å². The molecule has 3 N–H and O–H groups in total. The van der Waals surface area contributed by atoms with Crippen molar-refractivity contribution in [2.24, 2.45) is 5.92 Å². The van der Waals surface area contributed by atoms with Gasteiger partial charge in [0.05, 0.1) is 5.92 Å². The van der Waals surface area contributed by atoms with Crippen LogP contribution in [0.25, 0.3) is 0 Å². The van der Waals surface area contributed by atoms with Crippen LogP contribution in [-0.4, -0.2) is 29.4 Å². The minimum absolute atomic E-state index is 0.129. The fourth-order valence-electron chi connectivity index (χ4n) is 2.53. The number of hydrogen-bond acceptors (Lipinski definition) is 3. The first-order chi connectivity index (χ1) is 13.0. The SMILES string of the molecule is CC(Cc1ccc(NC(=O)CCCNC(=O)c2ccccc2)cc1)C(=O)O. The molecular formula is C21H24N2O4. The normalized spacial score (nSPS) is 11.4. The van der Waals surface area contributed by atoms with Crippen LogP contribution in [0, 0.1) is 5.92 Å². The van der Waals surface area contributed by atoms with Gasteiger partial charge >= 0.3 is 5.97 Å². The molecule has 1 atom stereocenters. The van der Waals surface area contributed by atoms with E-state index in [1.807, 2.05) is 18.2 Å². The summed E-state index contributed by atoms with van der Waals surface area (Å²) in [6.07, 6.45) is 1.29. The van der Waals surface area contributed by atoms with Gasteiger partial charge in [-0.05, 0) is 42.7 Å². The highest BCUT2D eigenvalue weighted by atomic mass is 16.4. The van der Waals surface area contributed by atoms with Crippen LogP contribution in [0.3, 0.4) is 0 Å². The molecule has 0 heterocycles. The fraction of sp³-hybridized carbons (Fsp3) is 0.286. The number of amides is 2. The number of carboxylic acid groups (broad SMARTS) is 1. The lowest BCUT2D eigenvalue weighted by Gasteiger charge is -2.09. The standard InChI is InChI=1S/C21H24N2O4/c1-15(21(26)27)14-16-9-11-18(12-10-16)23-19(24)8-5-13-22-20(25)17-6-3-2-4-7-17/h2-4,6-7,9-12,15H,5,8,13-14H2,1H3,(H,22,25)(H,23,24)(H,26,27). The average Bonchev–Trinajstić information content (AvgIpc) is 2.67. The van der Waals surface area contributed by atoms with Gasteiger partial charge < -0.3 is 15.7 Å². The van der Waals surface area contributed by atoms with E-state index in [9.17, 15) is 14.4 Å². The van der Waals surface area contributed by atoms with E-state index < -0.39 is 11.9 Å². The summed E-state index contributed by atoms with van der Waals surface area (Å²) in [5.41, 5.74) is 2.17. The first-order valence-corrected chi connectivity index (χ1v) is 8.90. The molecule has 0 aliphatic carbocycles. The second-order valence-electron chi connectivity index (χ2n) is 6.41. The Bertz CT molecular complexity index is 773. The van der Waals surface area contributed by atoms with Gasteiger partial charge in [-0.3, -0.25) is 14.4 Å². The molecule has 2 amide bonds. The minimum Gasteiger partial charge on any atom is -0.481 e. The summed E-state index contributed by atoms with van der Waals surface area (Å²) in [6.45, 7) is 2.09. The van der Waals surface area contributed by atoms with Gasteiger partial charge in [0.2, 0.25) is 5.91 Å². The number of carbonyl (C=O) groups excluding carboxylic acids is 2. The van der Waals surface area contributed by atoms with Crippen molar-refractivity contribution in [1.29, 1.82) is 0 Å². The molecule has 27 heavy (non-hydrogen) atoms. The number of anilines is 1. The molecule has 6 nitrogen and oxygen atoms in total. The molecule has 0 aliphatic heterocycles. The second-order valence-corrected chi connectivity index (χ2v) is 6.41. The number of hydrogen-bond donors (Lipinski definition) is 3. The molecule has 142 valence electrons. The lowest BCUT2D eigenvalue weighted by atomic mass is 10.0. The highest BCUT2D eigenvalue weighted by Gasteiger charge is 2.11. The summed E-state index contributed by atoms with van der Waals surface area (Å²) in [4.78, 5) is 34.7. The summed E-state index contributed by atoms with van der Waals surface area (Å²) in [7, 11) is 0. The Kier molecular flexibility index (Phi) is 7.55. The summed E-state index contributed by atoms with van der Waals surface area (Å²) in [6, 6.07) is 16.1. The van der Waals surface area contributed by atoms with Gasteiger partial charge in [-0.15, -0.1) is 0 Å². The molecule has 2 rings (SSSR count). The Balaban J connectivity index is 1.69. The molecule has 2 aromatic carbocycles. The van der Waals surface area contributed by atoms with Crippen LogP contribution in [0.5, 0.6) is 0 Å². The van der Waals surface area contributed by atoms with Crippen molar-refractivity contribution < 1.29 is 19.5 Å². The predicted octanol–water partition coefficient (Wildman–Crippen LogP) is 3.10.